The van der Waals surface area contributed by atoms with Crippen LogP contribution in [0, 0.1) is 5.92 Å². The molecule has 1 aromatic heterocycles. The van der Waals surface area contributed by atoms with Crippen molar-refractivity contribution in [3.63, 3.8) is 0 Å². The van der Waals surface area contributed by atoms with Crippen molar-refractivity contribution in [2.45, 2.75) is 18.4 Å². The van der Waals surface area contributed by atoms with Gasteiger partial charge in [0, 0.05) is 24.1 Å². The molecule has 3 rings (SSSR count). The van der Waals surface area contributed by atoms with Crippen LogP contribution < -0.4 is 0 Å². The monoisotopic (exact) mass is 253 g/mol. The number of hydrogen-bond donors (Lipinski definition) is 1. The largest absolute Gasteiger partial charge is 0.383 e. The number of nitrogens with zero attached hydrogens (tertiary/aromatic N) is 1. The molecule has 2 aromatic rings. The highest BCUT2D eigenvalue weighted by Gasteiger charge is 2.55. The SMILES string of the molecule is O=C(CC1CC1(O)c1ccccn1)c1ccccc1. The van der Waals surface area contributed by atoms with Crippen LogP contribution in [0.25, 0.3) is 0 Å². The molecule has 0 spiro atoms. The van der Waals surface area contributed by atoms with Gasteiger partial charge >= 0.3 is 0 Å². The summed E-state index contributed by atoms with van der Waals surface area (Å²) in [5.41, 5.74) is 0.463. The van der Waals surface area contributed by atoms with E-state index in [2.05, 4.69) is 4.98 Å². The van der Waals surface area contributed by atoms with Crippen LogP contribution in [0.5, 0.6) is 0 Å². The molecule has 2 unspecified atom stereocenters. The van der Waals surface area contributed by atoms with Crippen LogP contribution >= 0.6 is 0 Å². The van der Waals surface area contributed by atoms with Crippen molar-refractivity contribution in [1.29, 1.82) is 0 Å². The van der Waals surface area contributed by atoms with E-state index in [4.69, 9.17) is 0 Å². The van der Waals surface area contributed by atoms with Gasteiger partial charge < -0.3 is 5.11 Å². The normalized spacial score (nSPS) is 25.0. The first-order valence-corrected chi connectivity index (χ1v) is 6.42. The maximum atomic E-state index is 12.1. The second-order valence-electron chi connectivity index (χ2n) is 5.03. The Morgan fingerprint density at radius 3 is 2.63 bits per heavy atom. The first kappa shape index (κ1) is 12.1. The summed E-state index contributed by atoms with van der Waals surface area (Å²) in [5, 5.41) is 10.4. The molecule has 1 aromatic carbocycles. The Kier molecular flexibility index (Phi) is 2.91. The molecular weight excluding hydrogens is 238 g/mol. The highest BCUT2D eigenvalue weighted by molar-refractivity contribution is 5.96. The summed E-state index contributed by atoms with van der Waals surface area (Å²) in [4.78, 5) is 16.3. The molecule has 3 nitrogen and oxygen atoms in total. The van der Waals surface area contributed by atoms with Crippen molar-refractivity contribution >= 4 is 5.78 Å². The lowest BCUT2D eigenvalue weighted by Gasteiger charge is -2.09. The van der Waals surface area contributed by atoms with Crippen molar-refractivity contribution in [2.24, 2.45) is 5.92 Å². The first-order chi connectivity index (χ1) is 9.20. The highest BCUT2D eigenvalue weighted by Crippen LogP contribution is 2.53. The molecule has 1 fully saturated rings. The minimum absolute atomic E-state index is 0.0184. The smallest absolute Gasteiger partial charge is 0.163 e. The summed E-state index contributed by atoms with van der Waals surface area (Å²) in [6.45, 7) is 0. The lowest BCUT2D eigenvalue weighted by molar-refractivity contribution is 0.0915. The second kappa shape index (κ2) is 4.59. The molecule has 0 aliphatic heterocycles. The standard InChI is InChI=1S/C16H15NO2/c18-14(12-6-2-1-3-7-12)10-13-11-16(13,19)15-8-4-5-9-17-15/h1-9,13,19H,10-11H2. The second-order valence-corrected chi connectivity index (χ2v) is 5.03. The van der Waals surface area contributed by atoms with Crippen molar-refractivity contribution in [2.75, 3.05) is 0 Å². The Bertz CT molecular complexity index is 582. The minimum Gasteiger partial charge on any atom is -0.383 e. The molecule has 1 aliphatic rings. The van der Waals surface area contributed by atoms with E-state index in [-0.39, 0.29) is 11.7 Å². The van der Waals surface area contributed by atoms with Crippen LogP contribution in [0.1, 0.15) is 28.9 Å². The van der Waals surface area contributed by atoms with Crippen LogP contribution in [-0.4, -0.2) is 15.9 Å². The Hall–Kier alpha value is -2.00. The van der Waals surface area contributed by atoms with Crippen LogP contribution in [0.4, 0.5) is 0 Å². The molecule has 2 atom stereocenters. The number of hydrogen-bond acceptors (Lipinski definition) is 3. The zero-order chi connectivity index (χ0) is 13.3. The number of aromatic nitrogens is 1. The Morgan fingerprint density at radius 2 is 1.95 bits per heavy atom. The molecule has 0 amide bonds. The number of aliphatic hydroxyl groups is 1. The first-order valence-electron chi connectivity index (χ1n) is 6.42. The fourth-order valence-corrected chi connectivity index (χ4v) is 2.46. The molecule has 19 heavy (non-hydrogen) atoms. The molecule has 1 saturated carbocycles. The number of benzene rings is 1. The number of ketones is 1. The maximum absolute atomic E-state index is 12.1. The van der Waals surface area contributed by atoms with Gasteiger partial charge in [-0.15, -0.1) is 0 Å². The lowest BCUT2D eigenvalue weighted by Crippen LogP contribution is -2.13. The number of rotatable bonds is 4. The summed E-state index contributed by atoms with van der Waals surface area (Å²) < 4.78 is 0. The molecule has 1 aliphatic carbocycles. The number of pyridine rings is 1. The Balaban J connectivity index is 1.69. The van der Waals surface area contributed by atoms with E-state index < -0.39 is 5.60 Å². The van der Waals surface area contributed by atoms with Crippen LogP contribution in [0.2, 0.25) is 0 Å². The predicted octanol–water partition coefficient (Wildman–Crippen LogP) is 2.56. The Labute approximate surface area is 111 Å². The summed E-state index contributed by atoms with van der Waals surface area (Å²) >= 11 is 0. The topological polar surface area (TPSA) is 50.2 Å². The quantitative estimate of drug-likeness (QED) is 0.852. The average molecular weight is 253 g/mol. The summed E-state index contributed by atoms with van der Waals surface area (Å²) in [7, 11) is 0. The zero-order valence-electron chi connectivity index (χ0n) is 10.5. The van der Waals surface area contributed by atoms with E-state index in [0.717, 1.165) is 0 Å². The third-order valence-corrected chi connectivity index (χ3v) is 3.71. The molecule has 1 heterocycles. The van der Waals surface area contributed by atoms with E-state index >= 15 is 0 Å². The van der Waals surface area contributed by atoms with Crippen molar-refractivity contribution in [3.8, 4) is 0 Å². The van der Waals surface area contributed by atoms with Gasteiger partial charge in [0.15, 0.2) is 5.78 Å². The van der Waals surface area contributed by atoms with Gasteiger partial charge in [-0.25, -0.2) is 0 Å². The summed E-state index contributed by atoms with van der Waals surface area (Å²) in [6.07, 6.45) is 2.65. The van der Waals surface area contributed by atoms with Crippen molar-refractivity contribution in [3.05, 3.63) is 66.0 Å². The number of carbonyl (C=O) groups is 1. The average Bonchev–Trinajstić information content (AvgIpc) is 3.12. The zero-order valence-corrected chi connectivity index (χ0v) is 10.5. The summed E-state index contributed by atoms with van der Waals surface area (Å²) in [6, 6.07) is 14.7. The molecule has 3 heteroatoms. The van der Waals surface area contributed by atoms with Gasteiger partial charge in [0.05, 0.1) is 5.69 Å². The van der Waals surface area contributed by atoms with E-state index in [0.29, 0.717) is 24.1 Å². The maximum Gasteiger partial charge on any atom is 0.163 e. The molecule has 96 valence electrons. The van der Waals surface area contributed by atoms with Gasteiger partial charge in [-0.1, -0.05) is 36.4 Å². The van der Waals surface area contributed by atoms with E-state index in [1.54, 1.807) is 6.20 Å². The molecule has 0 bridgehead atoms. The van der Waals surface area contributed by atoms with Crippen LogP contribution in [0.15, 0.2) is 54.7 Å². The van der Waals surface area contributed by atoms with Crippen molar-refractivity contribution in [1.82, 2.24) is 4.98 Å². The predicted molar refractivity (Wildman–Crippen MR) is 71.6 cm³/mol. The number of Topliss-reactive ketones (excluding diaryl/α,β-unsaturated/α-hetero) is 1. The molecule has 1 N–H and O–H groups in total. The highest BCUT2D eigenvalue weighted by atomic mass is 16.3. The molecular formula is C16H15NO2. The third-order valence-electron chi connectivity index (χ3n) is 3.71. The van der Waals surface area contributed by atoms with Gasteiger partial charge in [0.25, 0.3) is 0 Å². The van der Waals surface area contributed by atoms with Gasteiger partial charge in [-0.3, -0.25) is 9.78 Å². The fourth-order valence-electron chi connectivity index (χ4n) is 2.46. The lowest BCUT2D eigenvalue weighted by atomic mass is 10.0. The van der Waals surface area contributed by atoms with Gasteiger partial charge in [0.2, 0.25) is 0 Å². The molecule has 0 saturated heterocycles. The van der Waals surface area contributed by atoms with Gasteiger partial charge in [0.1, 0.15) is 5.60 Å². The van der Waals surface area contributed by atoms with E-state index in [1.807, 2.05) is 48.5 Å². The number of carbonyl (C=O) groups excluding carboxylic acids is 1. The van der Waals surface area contributed by atoms with Gasteiger partial charge in [-0.2, -0.15) is 0 Å². The van der Waals surface area contributed by atoms with E-state index in [9.17, 15) is 9.90 Å². The summed E-state index contributed by atoms with van der Waals surface area (Å²) in [5.74, 6) is 0.0626. The van der Waals surface area contributed by atoms with Crippen LogP contribution in [-0.2, 0) is 5.60 Å². The fraction of sp³-hybridized carbons (Fsp3) is 0.250. The van der Waals surface area contributed by atoms with Crippen LogP contribution in [0.3, 0.4) is 0 Å². The van der Waals surface area contributed by atoms with Crippen molar-refractivity contribution < 1.29 is 9.90 Å². The van der Waals surface area contributed by atoms with E-state index in [1.165, 1.54) is 0 Å². The molecule has 0 radical (unpaired) electrons. The Morgan fingerprint density at radius 1 is 1.21 bits per heavy atom. The van der Waals surface area contributed by atoms with Gasteiger partial charge in [-0.05, 0) is 18.6 Å². The third kappa shape index (κ3) is 2.29. The minimum atomic E-state index is -0.911.